The van der Waals surface area contributed by atoms with Gasteiger partial charge in [-0.15, -0.1) is 0 Å². The molecule has 1 aromatic heterocycles. The molecule has 0 aliphatic carbocycles. The molecule has 5 heteroatoms. The van der Waals surface area contributed by atoms with Gasteiger partial charge in [0.1, 0.15) is 5.69 Å². The molecule has 2 fully saturated rings. The third-order valence-corrected chi connectivity index (χ3v) is 4.71. The van der Waals surface area contributed by atoms with Crippen LogP contribution >= 0.6 is 0 Å². The summed E-state index contributed by atoms with van der Waals surface area (Å²) in [7, 11) is 1.96. The van der Waals surface area contributed by atoms with Gasteiger partial charge in [-0.25, -0.2) is 0 Å². The first-order chi connectivity index (χ1) is 9.66. The molecule has 3 rings (SSSR count). The van der Waals surface area contributed by atoms with Gasteiger partial charge in [0.15, 0.2) is 0 Å². The lowest BCUT2D eigenvalue weighted by molar-refractivity contribution is 0.0764. The maximum atomic E-state index is 12.6. The molecule has 1 amide bonds. The van der Waals surface area contributed by atoms with Crippen LogP contribution in [-0.4, -0.2) is 65.6 Å². The molecule has 110 valence electrons. The van der Waals surface area contributed by atoms with Crippen LogP contribution in [0.5, 0.6) is 0 Å². The Balaban J connectivity index is 1.64. The molecule has 1 aromatic rings. The average Bonchev–Trinajstić information content (AvgIpc) is 3.08. The fourth-order valence-electron chi connectivity index (χ4n) is 3.26. The first-order valence-corrected chi connectivity index (χ1v) is 7.53. The topological polar surface area (TPSA) is 40.5 Å². The van der Waals surface area contributed by atoms with Crippen molar-refractivity contribution in [3.8, 4) is 0 Å². The lowest BCUT2D eigenvalue weighted by Crippen LogP contribution is -2.49. The molecule has 0 bridgehead atoms. The van der Waals surface area contributed by atoms with Crippen LogP contribution in [0.15, 0.2) is 12.1 Å². The van der Waals surface area contributed by atoms with Gasteiger partial charge in [-0.1, -0.05) is 0 Å². The zero-order chi connectivity index (χ0) is 14.1. The van der Waals surface area contributed by atoms with E-state index in [9.17, 15) is 4.79 Å². The van der Waals surface area contributed by atoms with Crippen molar-refractivity contribution >= 4 is 5.91 Å². The molecule has 1 unspecified atom stereocenters. The van der Waals surface area contributed by atoms with Crippen LogP contribution in [0.2, 0.25) is 0 Å². The van der Waals surface area contributed by atoms with Gasteiger partial charge < -0.3 is 14.8 Å². The van der Waals surface area contributed by atoms with Crippen molar-refractivity contribution in [1.29, 1.82) is 0 Å². The summed E-state index contributed by atoms with van der Waals surface area (Å²) in [6.07, 6.45) is 1.11. The Morgan fingerprint density at radius 1 is 1.25 bits per heavy atom. The van der Waals surface area contributed by atoms with Gasteiger partial charge in [-0.05, 0) is 25.5 Å². The second-order valence-corrected chi connectivity index (χ2v) is 5.90. The molecule has 1 N–H and O–H groups in total. The molecule has 20 heavy (non-hydrogen) atoms. The summed E-state index contributed by atoms with van der Waals surface area (Å²) in [5, 5.41) is 3.38. The second-order valence-electron chi connectivity index (χ2n) is 5.90. The Labute approximate surface area is 120 Å². The van der Waals surface area contributed by atoms with Gasteiger partial charge in [0.25, 0.3) is 5.91 Å². The Hall–Kier alpha value is -1.33. The maximum absolute atomic E-state index is 12.6. The van der Waals surface area contributed by atoms with Crippen molar-refractivity contribution in [1.82, 2.24) is 19.7 Å². The van der Waals surface area contributed by atoms with Crippen LogP contribution in [0, 0.1) is 6.92 Å². The van der Waals surface area contributed by atoms with Crippen LogP contribution in [-0.2, 0) is 7.05 Å². The monoisotopic (exact) mass is 276 g/mol. The van der Waals surface area contributed by atoms with E-state index in [1.54, 1.807) is 0 Å². The molecule has 2 saturated heterocycles. The Morgan fingerprint density at radius 3 is 2.65 bits per heavy atom. The SMILES string of the molecule is Cc1ccc(C(=O)N2CCC(N3CCNCC3)C2)n1C. The molecule has 1 atom stereocenters. The van der Waals surface area contributed by atoms with E-state index < -0.39 is 0 Å². The van der Waals surface area contributed by atoms with Gasteiger partial charge in [-0.2, -0.15) is 0 Å². The average molecular weight is 276 g/mol. The van der Waals surface area contributed by atoms with E-state index in [0.717, 1.165) is 57.1 Å². The van der Waals surface area contributed by atoms with E-state index >= 15 is 0 Å². The van der Waals surface area contributed by atoms with Crippen molar-refractivity contribution in [2.24, 2.45) is 7.05 Å². The number of piperazine rings is 1. The van der Waals surface area contributed by atoms with Crippen LogP contribution in [0.1, 0.15) is 22.6 Å². The first-order valence-electron chi connectivity index (χ1n) is 7.53. The summed E-state index contributed by atoms with van der Waals surface area (Å²) in [5.41, 5.74) is 1.94. The van der Waals surface area contributed by atoms with Crippen molar-refractivity contribution in [2.75, 3.05) is 39.3 Å². The minimum atomic E-state index is 0.179. The normalized spacial score (nSPS) is 24.3. The smallest absolute Gasteiger partial charge is 0.270 e. The summed E-state index contributed by atoms with van der Waals surface area (Å²) in [4.78, 5) is 17.1. The predicted octanol–water partition coefficient (Wildman–Crippen LogP) is 0.453. The Bertz CT molecular complexity index is 490. The number of hydrogen-bond acceptors (Lipinski definition) is 3. The molecule has 2 aliphatic heterocycles. The lowest BCUT2D eigenvalue weighted by Gasteiger charge is -2.32. The van der Waals surface area contributed by atoms with E-state index in [4.69, 9.17) is 0 Å². The third-order valence-electron chi connectivity index (χ3n) is 4.71. The highest BCUT2D eigenvalue weighted by molar-refractivity contribution is 5.93. The third kappa shape index (κ3) is 2.47. The number of carbonyl (C=O) groups is 1. The van der Waals surface area contributed by atoms with Crippen LogP contribution in [0.4, 0.5) is 0 Å². The number of rotatable bonds is 2. The summed E-state index contributed by atoms with van der Waals surface area (Å²) >= 11 is 0. The number of nitrogens with zero attached hydrogens (tertiary/aromatic N) is 3. The molecular weight excluding hydrogens is 252 g/mol. The molecule has 3 heterocycles. The number of aromatic nitrogens is 1. The van der Waals surface area contributed by atoms with Crippen molar-refractivity contribution in [3.63, 3.8) is 0 Å². The Kier molecular flexibility index (Phi) is 3.81. The van der Waals surface area contributed by atoms with E-state index in [0.29, 0.717) is 6.04 Å². The molecule has 0 aromatic carbocycles. The summed E-state index contributed by atoms with van der Waals surface area (Å²) in [6.45, 7) is 8.15. The van der Waals surface area contributed by atoms with E-state index in [1.807, 2.05) is 35.6 Å². The molecule has 0 saturated carbocycles. The molecule has 0 spiro atoms. The summed E-state index contributed by atoms with van der Waals surface area (Å²) in [6, 6.07) is 4.50. The quantitative estimate of drug-likeness (QED) is 0.853. The fourth-order valence-corrected chi connectivity index (χ4v) is 3.26. The standard InChI is InChI=1S/C15H24N4O/c1-12-3-4-14(17(12)2)15(20)19-8-5-13(11-19)18-9-6-16-7-10-18/h3-4,13,16H,5-11H2,1-2H3. The molecular formula is C15H24N4O. The van der Waals surface area contributed by atoms with E-state index in [-0.39, 0.29) is 5.91 Å². The molecule has 0 radical (unpaired) electrons. The summed E-state index contributed by atoms with van der Waals surface area (Å²) < 4.78 is 1.99. The van der Waals surface area contributed by atoms with Crippen molar-refractivity contribution < 1.29 is 4.79 Å². The van der Waals surface area contributed by atoms with Gasteiger partial charge in [0.2, 0.25) is 0 Å². The number of hydrogen-bond donors (Lipinski definition) is 1. The minimum Gasteiger partial charge on any atom is -0.344 e. The summed E-state index contributed by atoms with van der Waals surface area (Å²) in [5.74, 6) is 0.179. The number of nitrogens with one attached hydrogen (secondary N) is 1. The minimum absolute atomic E-state index is 0.179. The zero-order valence-electron chi connectivity index (χ0n) is 12.4. The largest absolute Gasteiger partial charge is 0.344 e. The molecule has 5 nitrogen and oxygen atoms in total. The van der Waals surface area contributed by atoms with E-state index in [2.05, 4.69) is 10.2 Å². The maximum Gasteiger partial charge on any atom is 0.270 e. The lowest BCUT2D eigenvalue weighted by atomic mass is 10.2. The van der Waals surface area contributed by atoms with Gasteiger partial charge in [-0.3, -0.25) is 9.69 Å². The number of aryl methyl sites for hydroxylation is 1. The van der Waals surface area contributed by atoms with E-state index in [1.165, 1.54) is 0 Å². The van der Waals surface area contributed by atoms with Gasteiger partial charge in [0.05, 0.1) is 0 Å². The molecule has 2 aliphatic rings. The number of carbonyl (C=O) groups excluding carboxylic acids is 1. The van der Waals surface area contributed by atoms with Crippen LogP contribution in [0.3, 0.4) is 0 Å². The highest BCUT2D eigenvalue weighted by Crippen LogP contribution is 2.19. The highest BCUT2D eigenvalue weighted by atomic mass is 16.2. The van der Waals surface area contributed by atoms with Crippen LogP contribution in [0.25, 0.3) is 0 Å². The predicted molar refractivity (Wildman–Crippen MR) is 78.9 cm³/mol. The number of likely N-dealkylation sites (tertiary alicyclic amines) is 1. The number of amides is 1. The fraction of sp³-hybridized carbons (Fsp3) is 0.667. The highest BCUT2D eigenvalue weighted by Gasteiger charge is 2.32. The van der Waals surface area contributed by atoms with Crippen molar-refractivity contribution in [3.05, 3.63) is 23.5 Å². The second kappa shape index (κ2) is 5.58. The Morgan fingerprint density at radius 2 is 2.00 bits per heavy atom. The van der Waals surface area contributed by atoms with Gasteiger partial charge in [0, 0.05) is 58.1 Å². The van der Waals surface area contributed by atoms with Gasteiger partial charge >= 0.3 is 0 Å². The van der Waals surface area contributed by atoms with Crippen LogP contribution < -0.4 is 5.32 Å². The van der Waals surface area contributed by atoms with Crippen molar-refractivity contribution in [2.45, 2.75) is 19.4 Å². The first kappa shape index (κ1) is 13.6. The zero-order valence-corrected chi connectivity index (χ0v) is 12.4.